The van der Waals surface area contributed by atoms with Gasteiger partial charge < -0.3 is 15.4 Å². The number of carbonyl (C=O) groups is 3. The third-order valence-electron chi connectivity index (χ3n) is 4.13. The van der Waals surface area contributed by atoms with Gasteiger partial charge in [0.15, 0.2) is 0 Å². The van der Waals surface area contributed by atoms with Crippen LogP contribution in [-0.2, 0) is 14.3 Å². The Morgan fingerprint density at radius 1 is 0.962 bits per heavy atom. The Labute approximate surface area is 149 Å². The summed E-state index contributed by atoms with van der Waals surface area (Å²) in [4.78, 5) is 36.0. The molecule has 1 fully saturated rings. The van der Waals surface area contributed by atoms with Crippen molar-refractivity contribution in [2.45, 2.75) is 6.42 Å². The topological polar surface area (TPSA) is 84.5 Å². The molecular weight excluding hydrogens is 339 g/mol. The average molecular weight is 356 g/mol. The molecule has 0 heterocycles. The highest BCUT2D eigenvalue weighted by Gasteiger charge is 2.48. The molecule has 7 heteroatoms. The molecule has 3 rings (SSSR count). The maximum Gasteiger partial charge on any atom is 0.337 e. The smallest absolute Gasteiger partial charge is 0.337 e. The van der Waals surface area contributed by atoms with Crippen LogP contribution in [0.25, 0.3) is 0 Å². The summed E-state index contributed by atoms with van der Waals surface area (Å²) >= 11 is 0. The van der Waals surface area contributed by atoms with E-state index < -0.39 is 17.8 Å². The summed E-state index contributed by atoms with van der Waals surface area (Å²) in [5, 5.41) is 5.37. The minimum absolute atomic E-state index is 0.278. The molecule has 6 nitrogen and oxygen atoms in total. The van der Waals surface area contributed by atoms with Crippen molar-refractivity contribution in [1.29, 1.82) is 0 Å². The number of methoxy groups -OCH3 is 1. The first-order chi connectivity index (χ1) is 12.5. The fourth-order valence-electron chi connectivity index (χ4n) is 2.62. The first kappa shape index (κ1) is 17.6. The summed E-state index contributed by atoms with van der Waals surface area (Å²) in [5.74, 6) is -2.31. The van der Waals surface area contributed by atoms with Crippen LogP contribution in [0.4, 0.5) is 15.8 Å². The van der Waals surface area contributed by atoms with E-state index in [-0.39, 0.29) is 17.6 Å². The van der Waals surface area contributed by atoms with E-state index >= 15 is 0 Å². The average Bonchev–Trinajstić information content (AvgIpc) is 3.44. The zero-order valence-corrected chi connectivity index (χ0v) is 14.0. The number of rotatable bonds is 5. The molecule has 26 heavy (non-hydrogen) atoms. The fourth-order valence-corrected chi connectivity index (χ4v) is 2.62. The summed E-state index contributed by atoms with van der Waals surface area (Å²) in [6.45, 7) is 0. The lowest BCUT2D eigenvalue weighted by Crippen LogP contribution is -2.20. The second-order valence-electron chi connectivity index (χ2n) is 6.01. The molecule has 2 amide bonds. The van der Waals surface area contributed by atoms with Crippen LogP contribution in [0, 0.1) is 17.7 Å². The maximum atomic E-state index is 12.9. The third kappa shape index (κ3) is 4.05. The van der Waals surface area contributed by atoms with Gasteiger partial charge in [-0.1, -0.05) is 6.07 Å². The van der Waals surface area contributed by atoms with E-state index in [1.54, 1.807) is 18.2 Å². The zero-order chi connectivity index (χ0) is 18.7. The number of hydrogen-bond donors (Lipinski definition) is 2. The Bertz CT molecular complexity index is 851. The molecule has 2 aromatic carbocycles. The molecule has 2 unspecified atom stereocenters. The molecule has 1 aliphatic rings. The van der Waals surface area contributed by atoms with Crippen molar-refractivity contribution in [3.8, 4) is 0 Å². The number of amides is 2. The number of hydrogen-bond acceptors (Lipinski definition) is 4. The number of ether oxygens (including phenoxy) is 1. The lowest BCUT2D eigenvalue weighted by molar-refractivity contribution is -0.122. The standard InChI is InChI=1S/C19H17FN2O4/c1-26-19(25)11-3-2-4-14(9-11)22-18(24)16-10-15(16)17(23)21-13-7-5-12(20)6-8-13/h2-9,15-16H,10H2,1H3,(H,21,23)(H,22,24). The summed E-state index contributed by atoms with van der Waals surface area (Å²) in [6, 6.07) is 11.8. The number of nitrogens with one attached hydrogen (secondary N) is 2. The molecular formula is C19H17FN2O4. The predicted molar refractivity (Wildman–Crippen MR) is 93.0 cm³/mol. The van der Waals surface area contributed by atoms with E-state index in [4.69, 9.17) is 0 Å². The molecule has 0 radical (unpaired) electrons. The number of benzene rings is 2. The monoisotopic (exact) mass is 356 g/mol. The van der Waals surface area contributed by atoms with Crippen molar-refractivity contribution in [2.75, 3.05) is 17.7 Å². The Morgan fingerprint density at radius 2 is 1.58 bits per heavy atom. The molecule has 0 bridgehead atoms. The molecule has 0 spiro atoms. The van der Waals surface area contributed by atoms with Gasteiger partial charge in [0.05, 0.1) is 24.5 Å². The second kappa shape index (κ2) is 7.35. The molecule has 2 atom stereocenters. The van der Waals surface area contributed by atoms with Gasteiger partial charge in [-0.2, -0.15) is 0 Å². The summed E-state index contributed by atoms with van der Waals surface area (Å²) in [5.41, 5.74) is 1.27. The van der Waals surface area contributed by atoms with Crippen LogP contribution in [0.3, 0.4) is 0 Å². The molecule has 134 valence electrons. The predicted octanol–water partition coefficient (Wildman–Crippen LogP) is 2.83. The van der Waals surface area contributed by atoms with Crippen molar-refractivity contribution in [1.82, 2.24) is 0 Å². The van der Waals surface area contributed by atoms with Crippen molar-refractivity contribution in [2.24, 2.45) is 11.8 Å². The molecule has 2 aromatic rings. The van der Waals surface area contributed by atoms with Gasteiger partial charge in [-0.3, -0.25) is 9.59 Å². The van der Waals surface area contributed by atoms with Crippen LogP contribution in [0.5, 0.6) is 0 Å². The molecule has 0 saturated heterocycles. The van der Waals surface area contributed by atoms with Gasteiger partial charge in [-0.25, -0.2) is 9.18 Å². The molecule has 2 N–H and O–H groups in total. The highest BCUT2D eigenvalue weighted by atomic mass is 19.1. The van der Waals surface area contributed by atoms with Crippen molar-refractivity contribution in [3.05, 3.63) is 59.9 Å². The van der Waals surface area contributed by atoms with Gasteiger partial charge >= 0.3 is 5.97 Å². The van der Waals surface area contributed by atoms with Gasteiger partial charge in [0.25, 0.3) is 0 Å². The normalized spacial score (nSPS) is 17.9. The number of esters is 1. The summed E-state index contributed by atoms with van der Waals surface area (Å²) < 4.78 is 17.5. The minimum atomic E-state index is -0.496. The lowest BCUT2D eigenvalue weighted by atomic mass is 10.2. The Hall–Kier alpha value is -3.22. The number of anilines is 2. The molecule has 0 aromatic heterocycles. The van der Waals surface area contributed by atoms with Crippen LogP contribution >= 0.6 is 0 Å². The van der Waals surface area contributed by atoms with E-state index in [0.717, 1.165) is 0 Å². The van der Waals surface area contributed by atoms with E-state index in [0.29, 0.717) is 23.4 Å². The van der Waals surface area contributed by atoms with E-state index in [2.05, 4.69) is 15.4 Å². The second-order valence-corrected chi connectivity index (χ2v) is 6.01. The SMILES string of the molecule is COC(=O)c1cccc(NC(=O)C2CC2C(=O)Nc2ccc(F)cc2)c1. The quantitative estimate of drug-likeness (QED) is 0.807. The van der Waals surface area contributed by atoms with Crippen LogP contribution in [0.1, 0.15) is 16.8 Å². The van der Waals surface area contributed by atoms with E-state index in [9.17, 15) is 18.8 Å². The number of halogens is 1. The largest absolute Gasteiger partial charge is 0.465 e. The Balaban J connectivity index is 1.56. The fraction of sp³-hybridized carbons (Fsp3) is 0.211. The van der Waals surface area contributed by atoms with Crippen LogP contribution < -0.4 is 10.6 Å². The van der Waals surface area contributed by atoms with Crippen LogP contribution in [0.15, 0.2) is 48.5 Å². The first-order valence-electron chi connectivity index (χ1n) is 8.03. The van der Waals surface area contributed by atoms with Gasteiger partial charge in [-0.15, -0.1) is 0 Å². The van der Waals surface area contributed by atoms with Gasteiger partial charge in [0.2, 0.25) is 11.8 Å². The van der Waals surface area contributed by atoms with Crippen LogP contribution in [-0.4, -0.2) is 24.9 Å². The zero-order valence-electron chi connectivity index (χ0n) is 14.0. The van der Waals surface area contributed by atoms with Crippen molar-refractivity contribution < 1.29 is 23.5 Å². The van der Waals surface area contributed by atoms with E-state index in [1.807, 2.05) is 0 Å². The summed E-state index contributed by atoms with van der Waals surface area (Å²) in [7, 11) is 1.28. The first-order valence-corrected chi connectivity index (χ1v) is 8.03. The van der Waals surface area contributed by atoms with E-state index in [1.165, 1.54) is 37.4 Å². The molecule has 1 saturated carbocycles. The minimum Gasteiger partial charge on any atom is -0.465 e. The summed E-state index contributed by atoms with van der Waals surface area (Å²) in [6.07, 6.45) is 0.440. The lowest BCUT2D eigenvalue weighted by Gasteiger charge is -2.07. The Morgan fingerprint density at radius 3 is 2.19 bits per heavy atom. The van der Waals surface area contributed by atoms with Crippen LogP contribution in [0.2, 0.25) is 0 Å². The van der Waals surface area contributed by atoms with Gasteiger partial charge in [0, 0.05) is 11.4 Å². The third-order valence-corrected chi connectivity index (χ3v) is 4.13. The number of carbonyl (C=O) groups excluding carboxylic acids is 3. The van der Waals surface area contributed by atoms with Crippen molar-refractivity contribution in [3.63, 3.8) is 0 Å². The van der Waals surface area contributed by atoms with Crippen molar-refractivity contribution >= 4 is 29.2 Å². The Kier molecular flexibility index (Phi) is 4.97. The highest BCUT2D eigenvalue weighted by molar-refractivity contribution is 6.03. The molecule has 1 aliphatic carbocycles. The highest BCUT2D eigenvalue weighted by Crippen LogP contribution is 2.40. The van der Waals surface area contributed by atoms with Gasteiger partial charge in [0.1, 0.15) is 5.82 Å². The maximum absolute atomic E-state index is 12.9. The molecule has 0 aliphatic heterocycles. The van der Waals surface area contributed by atoms with Gasteiger partial charge in [-0.05, 0) is 48.9 Å².